The monoisotopic (exact) mass is 802 g/mol. The fraction of sp³-hybridized carbons (Fsp3) is 0. The number of hydrogen-bond acceptors (Lipinski definition) is 1. The highest BCUT2D eigenvalue weighted by molar-refractivity contribution is 6.17. The molecule has 3 heterocycles. The molecule has 63 heavy (non-hydrogen) atoms. The molecule has 0 N–H and O–H groups in total. The van der Waals surface area contributed by atoms with Crippen molar-refractivity contribution in [3.8, 4) is 55.9 Å². The van der Waals surface area contributed by atoms with Crippen LogP contribution in [0.1, 0.15) is 0 Å². The Bertz CT molecular complexity index is 3900. The molecule has 0 aliphatic rings. The minimum Gasteiger partial charge on any atom is -0.454 e. The SMILES string of the molecule is c1ccc(-c2cccc(-c3ccc(-n4c5ccccc5c5ccc(-c6ccc7c8ccccc8n(-c8ccccc8-c8ccccc8)c7c6)cc54)c4oc5ccccc5c34)c2)cc1. The van der Waals surface area contributed by atoms with E-state index < -0.39 is 0 Å². The second-order valence-electron chi connectivity index (χ2n) is 16.4. The molecule has 0 bridgehead atoms. The first-order valence-electron chi connectivity index (χ1n) is 21.6. The molecule has 294 valence electrons. The van der Waals surface area contributed by atoms with E-state index in [0.29, 0.717) is 0 Å². The highest BCUT2D eigenvalue weighted by Gasteiger charge is 2.22. The van der Waals surface area contributed by atoms with Gasteiger partial charge in [-0.2, -0.15) is 0 Å². The van der Waals surface area contributed by atoms with Gasteiger partial charge < -0.3 is 13.6 Å². The van der Waals surface area contributed by atoms with E-state index in [9.17, 15) is 0 Å². The van der Waals surface area contributed by atoms with Crippen LogP contribution in [-0.2, 0) is 0 Å². The van der Waals surface area contributed by atoms with Gasteiger partial charge in [0.2, 0.25) is 0 Å². The average molecular weight is 803 g/mol. The Balaban J connectivity index is 1.03. The van der Waals surface area contributed by atoms with Gasteiger partial charge >= 0.3 is 0 Å². The van der Waals surface area contributed by atoms with Crippen LogP contribution in [0.2, 0.25) is 0 Å². The average Bonchev–Trinajstić information content (AvgIpc) is 4.02. The Morgan fingerprint density at radius 2 is 0.778 bits per heavy atom. The predicted octanol–water partition coefficient (Wildman–Crippen LogP) is 16.4. The van der Waals surface area contributed by atoms with Crippen LogP contribution < -0.4 is 0 Å². The predicted molar refractivity (Wildman–Crippen MR) is 264 cm³/mol. The molecule has 0 amide bonds. The molecule has 0 radical (unpaired) electrons. The topological polar surface area (TPSA) is 23.0 Å². The summed E-state index contributed by atoms with van der Waals surface area (Å²) in [5.74, 6) is 0. The number of benzene rings is 10. The molecule has 0 spiro atoms. The van der Waals surface area contributed by atoms with Gasteiger partial charge in [-0.25, -0.2) is 0 Å². The summed E-state index contributed by atoms with van der Waals surface area (Å²) in [5.41, 5.74) is 17.9. The molecule has 10 aromatic carbocycles. The molecule has 3 aromatic heterocycles. The smallest absolute Gasteiger partial charge is 0.160 e. The summed E-state index contributed by atoms with van der Waals surface area (Å²) in [6, 6.07) is 83.3. The van der Waals surface area contributed by atoms with Gasteiger partial charge in [0.05, 0.1) is 33.4 Å². The molecule has 0 fully saturated rings. The third-order valence-electron chi connectivity index (χ3n) is 12.9. The molecule has 3 heteroatoms. The lowest BCUT2D eigenvalue weighted by Crippen LogP contribution is -1.97. The zero-order valence-electron chi connectivity index (χ0n) is 34.2. The van der Waals surface area contributed by atoms with Crippen LogP contribution in [0.15, 0.2) is 235 Å². The fourth-order valence-corrected chi connectivity index (χ4v) is 10.1. The normalized spacial score (nSPS) is 11.8. The highest BCUT2D eigenvalue weighted by Crippen LogP contribution is 2.44. The van der Waals surface area contributed by atoms with E-state index in [-0.39, 0.29) is 0 Å². The van der Waals surface area contributed by atoms with Gasteiger partial charge in [0.25, 0.3) is 0 Å². The fourth-order valence-electron chi connectivity index (χ4n) is 10.1. The van der Waals surface area contributed by atoms with E-state index >= 15 is 0 Å². The summed E-state index contributed by atoms with van der Waals surface area (Å²) in [6.45, 7) is 0. The maximum atomic E-state index is 6.95. The van der Waals surface area contributed by atoms with Crippen LogP contribution in [-0.4, -0.2) is 9.13 Å². The van der Waals surface area contributed by atoms with Crippen LogP contribution >= 0.6 is 0 Å². The second kappa shape index (κ2) is 14.1. The van der Waals surface area contributed by atoms with Crippen LogP contribution in [0.4, 0.5) is 0 Å². The molecule has 0 unspecified atom stereocenters. The van der Waals surface area contributed by atoms with E-state index in [1.807, 2.05) is 0 Å². The van der Waals surface area contributed by atoms with Gasteiger partial charge in [-0.3, -0.25) is 0 Å². The molecular formula is C60H38N2O. The van der Waals surface area contributed by atoms with Crippen molar-refractivity contribution in [2.24, 2.45) is 0 Å². The molecule has 13 rings (SSSR count). The number of para-hydroxylation sites is 4. The second-order valence-corrected chi connectivity index (χ2v) is 16.4. The van der Waals surface area contributed by atoms with E-state index in [1.165, 1.54) is 54.8 Å². The lowest BCUT2D eigenvalue weighted by atomic mass is 9.95. The minimum absolute atomic E-state index is 0.870. The van der Waals surface area contributed by atoms with Crippen molar-refractivity contribution in [1.82, 2.24) is 9.13 Å². The van der Waals surface area contributed by atoms with Crippen LogP contribution in [0, 0.1) is 0 Å². The first-order chi connectivity index (χ1) is 31.3. The summed E-state index contributed by atoms with van der Waals surface area (Å²) in [4.78, 5) is 0. The van der Waals surface area contributed by atoms with Crippen molar-refractivity contribution in [2.45, 2.75) is 0 Å². The summed E-state index contributed by atoms with van der Waals surface area (Å²) >= 11 is 0. The Morgan fingerprint density at radius 3 is 1.48 bits per heavy atom. The third-order valence-corrected chi connectivity index (χ3v) is 12.9. The number of hydrogen-bond donors (Lipinski definition) is 0. The molecule has 0 aliphatic heterocycles. The number of furan rings is 1. The summed E-state index contributed by atoms with van der Waals surface area (Å²) < 4.78 is 11.8. The summed E-state index contributed by atoms with van der Waals surface area (Å²) in [6.07, 6.45) is 0. The van der Waals surface area contributed by atoms with E-state index in [0.717, 1.165) is 66.6 Å². The lowest BCUT2D eigenvalue weighted by molar-refractivity contribution is 0.666. The van der Waals surface area contributed by atoms with Crippen molar-refractivity contribution < 1.29 is 4.42 Å². The Morgan fingerprint density at radius 1 is 0.270 bits per heavy atom. The maximum Gasteiger partial charge on any atom is 0.160 e. The molecule has 0 atom stereocenters. The van der Waals surface area contributed by atoms with Crippen molar-refractivity contribution >= 4 is 65.6 Å². The van der Waals surface area contributed by atoms with Gasteiger partial charge in [0.1, 0.15) is 5.58 Å². The Kier molecular flexibility index (Phi) is 7.91. The minimum atomic E-state index is 0.870. The zero-order valence-corrected chi connectivity index (χ0v) is 34.2. The third kappa shape index (κ3) is 5.53. The number of fused-ring (bicyclic) bond motifs is 9. The highest BCUT2D eigenvalue weighted by atomic mass is 16.3. The molecule has 0 saturated heterocycles. The van der Waals surface area contributed by atoms with Crippen molar-refractivity contribution in [2.75, 3.05) is 0 Å². The summed E-state index contributed by atoms with van der Waals surface area (Å²) in [5, 5.41) is 7.09. The standard InChI is InChI=1S/C60H38N2O/c1-3-16-39(17-4-1)41-20-15-21-44(36-41)46-34-35-55(60-59(46)51-25-10-14-29-58(51)63-60)62-54-28-13-9-24-48(54)50-33-31-43(38-57(50)62)42-30-32-49-47-23-8-12-27-53(47)61(56(49)37-42)52-26-11-7-22-45(52)40-18-5-2-6-19-40/h1-38H. The Hall–Kier alpha value is -8.40. The van der Waals surface area contributed by atoms with Crippen molar-refractivity contribution in [3.63, 3.8) is 0 Å². The van der Waals surface area contributed by atoms with Crippen LogP contribution in [0.3, 0.4) is 0 Å². The molecular weight excluding hydrogens is 765 g/mol. The zero-order chi connectivity index (χ0) is 41.4. The molecule has 13 aromatic rings. The first kappa shape index (κ1) is 35.4. The molecule has 0 aliphatic carbocycles. The van der Waals surface area contributed by atoms with Crippen LogP contribution in [0.5, 0.6) is 0 Å². The Labute approximate surface area is 363 Å². The van der Waals surface area contributed by atoms with Crippen molar-refractivity contribution in [3.05, 3.63) is 231 Å². The largest absolute Gasteiger partial charge is 0.454 e. The van der Waals surface area contributed by atoms with E-state index in [1.54, 1.807) is 0 Å². The molecule has 3 nitrogen and oxygen atoms in total. The molecule has 0 saturated carbocycles. The number of rotatable bonds is 6. The van der Waals surface area contributed by atoms with Gasteiger partial charge in [-0.05, 0) is 87.5 Å². The van der Waals surface area contributed by atoms with Crippen molar-refractivity contribution in [1.29, 1.82) is 0 Å². The van der Waals surface area contributed by atoms with E-state index in [2.05, 4.69) is 240 Å². The first-order valence-corrected chi connectivity index (χ1v) is 21.6. The van der Waals surface area contributed by atoms with Gasteiger partial charge in [0.15, 0.2) is 5.58 Å². The van der Waals surface area contributed by atoms with Gasteiger partial charge in [-0.1, -0.05) is 182 Å². The van der Waals surface area contributed by atoms with Crippen LogP contribution in [0.25, 0.3) is 121 Å². The number of nitrogens with zero attached hydrogens (tertiary/aromatic N) is 2. The number of aromatic nitrogens is 2. The lowest BCUT2D eigenvalue weighted by Gasteiger charge is -2.15. The van der Waals surface area contributed by atoms with Gasteiger partial charge in [0, 0.05) is 37.9 Å². The quantitative estimate of drug-likeness (QED) is 0.164. The van der Waals surface area contributed by atoms with E-state index in [4.69, 9.17) is 4.42 Å². The maximum absolute atomic E-state index is 6.95. The van der Waals surface area contributed by atoms with Gasteiger partial charge in [-0.15, -0.1) is 0 Å². The summed E-state index contributed by atoms with van der Waals surface area (Å²) in [7, 11) is 0.